The van der Waals surface area contributed by atoms with Crippen molar-refractivity contribution in [2.45, 2.75) is 62.8 Å². The third-order valence-electron chi connectivity index (χ3n) is 4.39. The average Bonchev–Trinajstić information content (AvgIpc) is 3.05. The molecule has 1 aliphatic heterocycles. The van der Waals surface area contributed by atoms with Crippen LogP contribution in [-0.2, 0) is 9.59 Å². The van der Waals surface area contributed by atoms with Gasteiger partial charge in [0.1, 0.15) is 17.9 Å². The monoisotopic (exact) mass is 416 g/mol. The predicted molar refractivity (Wildman–Crippen MR) is 107 cm³/mol. The lowest BCUT2D eigenvalue weighted by molar-refractivity contribution is -0.139. The van der Waals surface area contributed by atoms with Crippen LogP contribution in [0.3, 0.4) is 0 Å². The molecule has 0 aromatic carbocycles. The summed E-state index contributed by atoms with van der Waals surface area (Å²) in [6.07, 6.45) is 1.76. The number of carboxylic acids is 2. The number of hydrogen-bond donors (Lipinski definition) is 8. The number of nitrogens with zero attached hydrogens (tertiary/aromatic N) is 2. The standard InChI is InChI=1S/C17H32N6O6/c18-11(15(26)27)4-1-2-6-20-14-13(8-10(25)9-24)22-17(23-14)21-7-3-5-12(19)16(28)29/h10-13,24-25H,1-9,18-19H2,(H,26,27)(H,28,29)(H2,20,21,22,23)/t10?,11-,12-,13?/m0/s1. The molecule has 4 atom stereocenters. The Labute approximate surface area is 169 Å². The lowest BCUT2D eigenvalue weighted by Crippen LogP contribution is -2.34. The van der Waals surface area contributed by atoms with Gasteiger partial charge in [-0.1, -0.05) is 0 Å². The van der Waals surface area contributed by atoms with Gasteiger partial charge in [-0.15, -0.1) is 0 Å². The van der Waals surface area contributed by atoms with Crippen LogP contribution in [0.25, 0.3) is 0 Å². The van der Waals surface area contributed by atoms with Gasteiger partial charge in [0.15, 0.2) is 5.96 Å². The van der Waals surface area contributed by atoms with Crippen molar-refractivity contribution in [3.05, 3.63) is 0 Å². The van der Waals surface area contributed by atoms with Crippen molar-refractivity contribution in [1.29, 1.82) is 0 Å². The van der Waals surface area contributed by atoms with Gasteiger partial charge in [-0.05, 0) is 32.1 Å². The molecule has 0 aromatic heterocycles. The van der Waals surface area contributed by atoms with Gasteiger partial charge in [-0.2, -0.15) is 0 Å². The number of carbonyl (C=O) groups is 2. The minimum atomic E-state index is -1.05. The van der Waals surface area contributed by atoms with Crippen molar-refractivity contribution < 1.29 is 30.0 Å². The molecule has 29 heavy (non-hydrogen) atoms. The Balaban J connectivity index is 2.54. The van der Waals surface area contributed by atoms with Gasteiger partial charge in [0.25, 0.3) is 0 Å². The number of aliphatic hydroxyl groups excluding tert-OH is 2. The van der Waals surface area contributed by atoms with Crippen molar-refractivity contribution in [2.24, 2.45) is 21.5 Å². The van der Waals surface area contributed by atoms with E-state index in [1.54, 1.807) is 0 Å². The lowest BCUT2D eigenvalue weighted by Gasteiger charge is -2.14. The van der Waals surface area contributed by atoms with E-state index in [-0.39, 0.29) is 19.1 Å². The second-order valence-electron chi connectivity index (χ2n) is 6.92. The van der Waals surface area contributed by atoms with Crippen LogP contribution in [-0.4, -0.2) is 88.1 Å². The van der Waals surface area contributed by atoms with E-state index in [4.69, 9.17) is 26.8 Å². The quantitative estimate of drug-likeness (QED) is 0.143. The van der Waals surface area contributed by atoms with E-state index in [1.165, 1.54) is 0 Å². The van der Waals surface area contributed by atoms with E-state index in [2.05, 4.69) is 20.6 Å². The maximum atomic E-state index is 10.7. The fraction of sp³-hybridized carbons (Fsp3) is 0.765. The fourth-order valence-electron chi connectivity index (χ4n) is 2.65. The molecular formula is C17H32N6O6. The van der Waals surface area contributed by atoms with Gasteiger partial charge in [0.05, 0.1) is 18.8 Å². The number of nitrogens with one attached hydrogen (secondary N) is 2. The fourth-order valence-corrected chi connectivity index (χ4v) is 2.65. The molecule has 0 bridgehead atoms. The first-order chi connectivity index (χ1) is 13.7. The zero-order valence-electron chi connectivity index (χ0n) is 16.3. The Hall–Kier alpha value is -2.28. The van der Waals surface area contributed by atoms with Crippen LogP contribution in [0.4, 0.5) is 0 Å². The molecular weight excluding hydrogens is 384 g/mol. The van der Waals surface area contributed by atoms with Crippen molar-refractivity contribution in [3.8, 4) is 0 Å². The molecule has 0 spiro atoms. The molecule has 2 unspecified atom stereocenters. The van der Waals surface area contributed by atoms with E-state index in [0.717, 1.165) is 0 Å². The first-order valence-electron chi connectivity index (χ1n) is 9.62. The van der Waals surface area contributed by atoms with Crippen LogP contribution < -0.4 is 22.1 Å². The number of aliphatic hydroxyl groups is 2. The normalized spacial score (nSPS) is 22.1. The summed E-state index contributed by atoms with van der Waals surface area (Å²) in [7, 11) is 0. The molecule has 1 fully saturated rings. The summed E-state index contributed by atoms with van der Waals surface area (Å²) in [5.74, 6) is -1.05. The number of aliphatic carboxylic acids is 2. The van der Waals surface area contributed by atoms with Gasteiger partial charge < -0.3 is 42.5 Å². The van der Waals surface area contributed by atoms with Crippen LogP contribution in [0, 0.1) is 0 Å². The molecule has 0 amide bonds. The third-order valence-corrected chi connectivity index (χ3v) is 4.39. The number of hydrogen-bond acceptors (Lipinski definition) is 8. The van der Waals surface area contributed by atoms with Crippen molar-refractivity contribution in [2.75, 3.05) is 19.7 Å². The van der Waals surface area contributed by atoms with Crippen LogP contribution in [0.2, 0.25) is 0 Å². The highest BCUT2D eigenvalue weighted by atomic mass is 16.4. The summed E-state index contributed by atoms with van der Waals surface area (Å²) in [5.41, 5.74) is 10.9. The predicted octanol–water partition coefficient (Wildman–Crippen LogP) is -2.18. The topological polar surface area (TPSA) is 216 Å². The minimum Gasteiger partial charge on any atom is -0.480 e. The molecule has 12 heteroatoms. The molecule has 1 rings (SSSR count). The van der Waals surface area contributed by atoms with Crippen LogP contribution in [0.1, 0.15) is 38.5 Å². The van der Waals surface area contributed by atoms with Gasteiger partial charge >= 0.3 is 11.9 Å². The Bertz CT molecular complexity index is 599. The number of nitrogens with two attached hydrogens (primary N) is 2. The molecule has 0 aromatic rings. The molecule has 0 saturated carbocycles. The summed E-state index contributed by atoms with van der Waals surface area (Å²) in [6.45, 7) is 0.437. The number of guanidine groups is 1. The van der Waals surface area contributed by atoms with Crippen LogP contribution in [0.15, 0.2) is 9.98 Å². The molecule has 12 nitrogen and oxygen atoms in total. The molecule has 10 N–H and O–H groups in total. The number of rotatable bonds is 14. The zero-order valence-corrected chi connectivity index (χ0v) is 16.3. The number of unbranched alkanes of at least 4 members (excludes halogenated alkanes) is 1. The Kier molecular flexibility index (Phi) is 11.1. The Morgan fingerprint density at radius 1 is 1.00 bits per heavy atom. The molecule has 1 saturated heterocycles. The summed E-state index contributed by atoms with van der Waals surface area (Å²) in [6, 6.07) is -2.15. The average molecular weight is 416 g/mol. The second-order valence-corrected chi connectivity index (χ2v) is 6.92. The summed E-state index contributed by atoms with van der Waals surface area (Å²) in [5, 5.41) is 42.4. The van der Waals surface area contributed by atoms with E-state index in [0.29, 0.717) is 57.0 Å². The Morgan fingerprint density at radius 3 is 2.17 bits per heavy atom. The van der Waals surface area contributed by atoms with E-state index in [1.807, 2.05) is 0 Å². The van der Waals surface area contributed by atoms with Crippen molar-refractivity contribution in [3.63, 3.8) is 0 Å². The number of amidine groups is 1. The van der Waals surface area contributed by atoms with Gasteiger partial charge in [0, 0.05) is 19.5 Å². The van der Waals surface area contributed by atoms with Crippen molar-refractivity contribution in [1.82, 2.24) is 10.6 Å². The van der Waals surface area contributed by atoms with E-state index < -0.39 is 30.1 Å². The highest BCUT2D eigenvalue weighted by Crippen LogP contribution is 2.07. The van der Waals surface area contributed by atoms with Gasteiger partial charge in [0.2, 0.25) is 0 Å². The first kappa shape index (κ1) is 24.8. The highest BCUT2D eigenvalue weighted by Gasteiger charge is 2.28. The summed E-state index contributed by atoms with van der Waals surface area (Å²) < 4.78 is 0. The molecule has 0 aliphatic carbocycles. The molecule has 166 valence electrons. The van der Waals surface area contributed by atoms with Gasteiger partial charge in [-0.3, -0.25) is 19.6 Å². The zero-order chi connectivity index (χ0) is 21.8. The summed E-state index contributed by atoms with van der Waals surface area (Å²) >= 11 is 0. The highest BCUT2D eigenvalue weighted by molar-refractivity contribution is 6.09. The second kappa shape index (κ2) is 13.0. The third kappa shape index (κ3) is 9.65. The molecule has 1 heterocycles. The van der Waals surface area contributed by atoms with Crippen molar-refractivity contribution >= 4 is 23.7 Å². The summed E-state index contributed by atoms with van der Waals surface area (Å²) in [4.78, 5) is 30.2. The lowest BCUT2D eigenvalue weighted by atomic mass is 10.1. The maximum absolute atomic E-state index is 10.7. The molecule has 0 radical (unpaired) electrons. The molecule has 1 aliphatic rings. The Morgan fingerprint density at radius 2 is 1.59 bits per heavy atom. The largest absolute Gasteiger partial charge is 0.480 e. The van der Waals surface area contributed by atoms with E-state index in [9.17, 15) is 14.7 Å². The SMILES string of the molecule is N[C@@H](CCCCN=C1NC(=NCCC[C@H](N)C(=O)O)NC1CC(O)CO)C(=O)O. The van der Waals surface area contributed by atoms with Gasteiger partial charge in [-0.25, -0.2) is 0 Å². The first-order valence-corrected chi connectivity index (χ1v) is 9.62. The number of aliphatic imine (C=N–C) groups is 2. The van der Waals surface area contributed by atoms with E-state index >= 15 is 0 Å². The minimum absolute atomic E-state index is 0.231. The van der Waals surface area contributed by atoms with Crippen LogP contribution in [0.5, 0.6) is 0 Å². The maximum Gasteiger partial charge on any atom is 0.320 e. The number of carboxylic acid groups (broad SMARTS) is 2. The van der Waals surface area contributed by atoms with Crippen LogP contribution >= 0.6 is 0 Å². The smallest absolute Gasteiger partial charge is 0.320 e.